The summed E-state index contributed by atoms with van der Waals surface area (Å²) >= 11 is 6.80. The van der Waals surface area contributed by atoms with Crippen molar-refractivity contribution in [2.24, 2.45) is 0 Å². The van der Waals surface area contributed by atoms with E-state index in [2.05, 4.69) is 46.8 Å². The van der Waals surface area contributed by atoms with E-state index in [0.29, 0.717) is 34.2 Å². The Morgan fingerprint density at radius 3 is 2.33 bits per heavy atom. The van der Waals surface area contributed by atoms with Crippen LogP contribution in [0.5, 0.6) is 11.5 Å². The molecule has 0 saturated carbocycles. The van der Waals surface area contributed by atoms with E-state index in [9.17, 15) is 4.79 Å². The van der Waals surface area contributed by atoms with E-state index in [0.717, 1.165) is 38.9 Å². The molecule has 0 bridgehead atoms. The number of methoxy groups -OCH3 is 1. The molecule has 0 saturated heterocycles. The van der Waals surface area contributed by atoms with Crippen LogP contribution < -0.4 is 14.8 Å². The van der Waals surface area contributed by atoms with Gasteiger partial charge in [-0.15, -0.1) is 0 Å². The number of rotatable bonds is 12. The first-order chi connectivity index (χ1) is 22.5. The van der Waals surface area contributed by atoms with Gasteiger partial charge < -0.3 is 14.2 Å². The van der Waals surface area contributed by atoms with Crippen molar-refractivity contribution in [2.45, 2.75) is 32.7 Å². The van der Waals surface area contributed by atoms with Crippen molar-refractivity contribution in [3.05, 3.63) is 142 Å². The third-order valence-electron chi connectivity index (χ3n) is 7.81. The Bertz CT molecular complexity index is 1950. The summed E-state index contributed by atoms with van der Waals surface area (Å²) < 4.78 is 22.6. The van der Waals surface area contributed by atoms with Crippen LogP contribution in [0.15, 0.2) is 114 Å². The van der Waals surface area contributed by atoms with Crippen LogP contribution in [-0.2, 0) is 29.3 Å². The van der Waals surface area contributed by atoms with Crippen molar-refractivity contribution in [1.82, 2.24) is 15.6 Å². The van der Waals surface area contributed by atoms with Crippen molar-refractivity contribution in [3.63, 3.8) is 0 Å². The molecule has 9 heteroatoms. The molecule has 46 heavy (non-hydrogen) atoms. The normalized spacial score (nSPS) is 11.7. The molecule has 0 spiro atoms. The van der Waals surface area contributed by atoms with E-state index in [1.165, 1.54) is 7.11 Å². The van der Waals surface area contributed by atoms with Gasteiger partial charge >= 0.3 is 5.97 Å². The van der Waals surface area contributed by atoms with E-state index < -0.39 is 12.0 Å². The van der Waals surface area contributed by atoms with Gasteiger partial charge in [0.2, 0.25) is 0 Å². The van der Waals surface area contributed by atoms with Crippen LogP contribution in [0.25, 0.3) is 22.2 Å². The van der Waals surface area contributed by atoms with Crippen molar-refractivity contribution >= 4 is 28.6 Å². The van der Waals surface area contributed by atoms with Gasteiger partial charge in [0.15, 0.2) is 0 Å². The number of benzene rings is 5. The number of nitrogens with zero attached hydrogens (tertiary/aromatic N) is 2. The molecule has 6 aromatic rings. The third-order valence-corrected chi connectivity index (χ3v) is 8.10. The molecule has 0 aliphatic carbocycles. The highest BCUT2D eigenvalue weighted by Gasteiger charge is 2.22. The second-order valence-corrected chi connectivity index (χ2v) is 11.2. The number of carbonyl (C=O) groups is 1. The fourth-order valence-electron chi connectivity index (χ4n) is 5.28. The lowest BCUT2D eigenvalue weighted by atomic mass is 9.97. The highest BCUT2D eigenvalue weighted by atomic mass is 35.5. The molecule has 0 aliphatic rings. The van der Waals surface area contributed by atoms with Crippen LogP contribution in [0.2, 0.25) is 5.02 Å². The van der Waals surface area contributed by atoms with E-state index in [4.69, 9.17) is 30.4 Å². The minimum Gasteiger partial charge on any atom is -0.488 e. The molecule has 6 rings (SSSR count). The minimum absolute atomic E-state index is 0.244. The number of hydrogen-bond acceptors (Lipinski definition) is 8. The van der Waals surface area contributed by atoms with Crippen LogP contribution in [0.3, 0.4) is 0 Å². The maximum absolute atomic E-state index is 12.7. The largest absolute Gasteiger partial charge is 0.488 e. The number of hydrogen-bond donors (Lipinski definition) is 1. The van der Waals surface area contributed by atoms with Gasteiger partial charge in [-0.1, -0.05) is 96.5 Å². The summed E-state index contributed by atoms with van der Waals surface area (Å²) in [5.74, 6) is 0.632. The number of ether oxygens (including phenoxy) is 3. The van der Waals surface area contributed by atoms with Crippen LogP contribution in [0.4, 0.5) is 0 Å². The zero-order valence-corrected chi connectivity index (χ0v) is 26.2. The molecule has 5 aromatic carbocycles. The van der Waals surface area contributed by atoms with Crippen LogP contribution >= 0.6 is 11.6 Å². The summed E-state index contributed by atoms with van der Waals surface area (Å²) in [5.41, 5.74) is 8.18. The molecule has 8 nitrogen and oxygen atoms in total. The highest BCUT2D eigenvalue weighted by molar-refractivity contribution is 6.32. The standard InChI is InChI=1S/C37H32ClN3O5/c1-24-28(14-9-15-30(24)26-10-5-3-6-11-26)23-45-35-20-34(44-22-25-16-17-32-33(18-25)41-46-40-32)29(19-31(35)38)21-39-36(37(42)43-2)27-12-7-4-8-13-27/h3-20,36,39H,21-23H2,1-2H3/t36-/m0/s1. The van der Waals surface area contributed by atoms with Crippen LogP contribution in [0.1, 0.15) is 33.9 Å². The molecule has 1 aromatic heterocycles. The zero-order valence-electron chi connectivity index (χ0n) is 25.4. The first kappa shape index (κ1) is 30.8. The fraction of sp³-hybridized carbons (Fsp3) is 0.162. The maximum Gasteiger partial charge on any atom is 0.327 e. The van der Waals surface area contributed by atoms with Crippen LogP contribution in [0, 0.1) is 6.92 Å². The molecule has 0 radical (unpaired) electrons. The van der Waals surface area contributed by atoms with Crippen LogP contribution in [-0.4, -0.2) is 23.4 Å². The average Bonchev–Trinajstić information content (AvgIpc) is 3.57. The lowest BCUT2D eigenvalue weighted by molar-refractivity contribution is -0.143. The molecule has 1 heterocycles. The van der Waals surface area contributed by atoms with Gasteiger partial charge in [0, 0.05) is 18.2 Å². The Balaban J connectivity index is 1.26. The van der Waals surface area contributed by atoms with Gasteiger partial charge in [0.05, 0.1) is 12.1 Å². The van der Waals surface area contributed by atoms with Crippen molar-refractivity contribution in [1.29, 1.82) is 0 Å². The summed E-state index contributed by atoms with van der Waals surface area (Å²) in [7, 11) is 1.37. The summed E-state index contributed by atoms with van der Waals surface area (Å²) in [6.07, 6.45) is 0. The predicted molar refractivity (Wildman–Crippen MR) is 177 cm³/mol. The molecule has 1 N–H and O–H groups in total. The number of fused-ring (bicyclic) bond motifs is 1. The molecule has 0 aliphatic heterocycles. The summed E-state index contributed by atoms with van der Waals surface area (Å²) in [4.78, 5) is 12.7. The van der Waals surface area contributed by atoms with Gasteiger partial charge in [-0.3, -0.25) is 5.32 Å². The average molecular weight is 634 g/mol. The Labute approximate surface area is 271 Å². The molecule has 232 valence electrons. The first-order valence-electron chi connectivity index (χ1n) is 14.8. The SMILES string of the molecule is COC(=O)[C@@H](NCc1cc(Cl)c(OCc2cccc(-c3ccccc3)c2C)cc1OCc1ccc2nonc2c1)c1ccccc1. The number of nitrogens with one attached hydrogen (secondary N) is 1. The highest BCUT2D eigenvalue weighted by Crippen LogP contribution is 2.35. The number of esters is 1. The lowest BCUT2D eigenvalue weighted by Gasteiger charge is -2.20. The molecule has 1 atom stereocenters. The molecule has 0 unspecified atom stereocenters. The van der Waals surface area contributed by atoms with Crippen molar-refractivity contribution in [3.8, 4) is 22.6 Å². The summed E-state index contributed by atoms with van der Waals surface area (Å²) in [6.45, 7) is 2.93. The number of aromatic nitrogens is 2. The predicted octanol–water partition coefficient (Wildman–Crippen LogP) is 8.01. The number of halogens is 1. The summed E-state index contributed by atoms with van der Waals surface area (Å²) in [6, 6.07) is 34.4. The Hall–Kier alpha value is -5.18. The van der Waals surface area contributed by atoms with E-state index in [1.54, 1.807) is 12.1 Å². The van der Waals surface area contributed by atoms with E-state index in [-0.39, 0.29) is 13.2 Å². The van der Waals surface area contributed by atoms with Gasteiger partial charge in [0.25, 0.3) is 0 Å². The number of carbonyl (C=O) groups excluding carboxylic acids is 1. The van der Waals surface area contributed by atoms with Gasteiger partial charge in [-0.05, 0) is 68.8 Å². The quantitative estimate of drug-likeness (QED) is 0.135. The Kier molecular flexibility index (Phi) is 9.57. The second-order valence-electron chi connectivity index (χ2n) is 10.8. The Morgan fingerprint density at radius 1 is 0.804 bits per heavy atom. The van der Waals surface area contributed by atoms with Crippen molar-refractivity contribution in [2.75, 3.05) is 7.11 Å². The maximum atomic E-state index is 12.7. The molecular formula is C37H32ClN3O5. The second kappa shape index (κ2) is 14.3. The molecule has 0 amide bonds. The smallest absolute Gasteiger partial charge is 0.327 e. The van der Waals surface area contributed by atoms with E-state index in [1.807, 2.05) is 72.8 Å². The summed E-state index contributed by atoms with van der Waals surface area (Å²) in [5, 5.41) is 11.5. The van der Waals surface area contributed by atoms with Crippen molar-refractivity contribution < 1.29 is 23.6 Å². The monoisotopic (exact) mass is 633 g/mol. The van der Waals surface area contributed by atoms with Gasteiger partial charge in [0.1, 0.15) is 41.8 Å². The first-order valence-corrected chi connectivity index (χ1v) is 15.2. The zero-order chi connectivity index (χ0) is 31.9. The third kappa shape index (κ3) is 7.04. The van der Waals surface area contributed by atoms with E-state index >= 15 is 0 Å². The Morgan fingerprint density at radius 2 is 1.54 bits per heavy atom. The topological polar surface area (TPSA) is 95.7 Å². The molecule has 0 fully saturated rings. The van der Waals surface area contributed by atoms with Gasteiger partial charge in [-0.25, -0.2) is 9.42 Å². The lowest BCUT2D eigenvalue weighted by Crippen LogP contribution is -2.29. The minimum atomic E-state index is -0.685. The molecular weight excluding hydrogens is 602 g/mol. The van der Waals surface area contributed by atoms with Gasteiger partial charge in [-0.2, -0.15) is 0 Å². The fourth-order valence-corrected chi connectivity index (χ4v) is 5.52.